The van der Waals surface area contributed by atoms with Gasteiger partial charge < -0.3 is 10.1 Å². The molecule has 2 N–H and O–H groups in total. The lowest BCUT2D eigenvalue weighted by molar-refractivity contribution is -0.123. The summed E-state index contributed by atoms with van der Waals surface area (Å²) < 4.78 is 4.98. The first-order chi connectivity index (χ1) is 10.6. The lowest BCUT2D eigenvalue weighted by Crippen LogP contribution is -2.41. The molecule has 0 spiro atoms. The number of thiophene rings is 1. The molecule has 1 aliphatic rings. The van der Waals surface area contributed by atoms with Gasteiger partial charge in [0.25, 0.3) is 5.91 Å². The van der Waals surface area contributed by atoms with E-state index in [-0.39, 0.29) is 6.54 Å². The van der Waals surface area contributed by atoms with Crippen molar-refractivity contribution in [2.45, 2.75) is 25.7 Å². The normalized spacial score (nSPS) is 12.9. The number of hydrogen-bond acceptors (Lipinski definition) is 5. The minimum Gasteiger partial charge on any atom is -0.452 e. The van der Waals surface area contributed by atoms with Crippen LogP contribution in [0.1, 0.15) is 33.6 Å². The van der Waals surface area contributed by atoms with E-state index in [1.807, 2.05) is 0 Å². The Labute approximate surface area is 132 Å². The van der Waals surface area contributed by atoms with Crippen molar-refractivity contribution >= 4 is 29.2 Å². The van der Waals surface area contributed by atoms with Gasteiger partial charge in [0.05, 0.1) is 5.56 Å². The van der Waals surface area contributed by atoms with Gasteiger partial charge in [-0.1, -0.05) is 6.08 Å². The van der Waals surface area contributed by atoms with Crippen molar-refractivity contribution in [2.75, 3.05) is 13.2 Å². The average Bonchev–Trinajstić information content (AvgIpc) is 2.94. The molecule has 0 radical (unpaired) electrons. The molecule has 3 amide bonds. The first-order valence-corrected chi connectivity index (χ1v) is 7.94. The summed E-state index contributed by atoms with van der Waals surface area (Å²) in [5.41, 5.74) is 1.59. The van der Waals surface area contributed by atoms with Crippen LogP contribution in [0.5, 0.6) is 0 Å². The molecule has 7 heteroatoms. The SMILES string of the molecule is C=CCNC(=O)NC(=O)COC(=O)c1csc2c1CCCC2. The van der Waals surface area contributed by atoms with E-state index in [2.05, 4.69) is 17.2 Å². The number of aryl methyl sites for hydroxylation is 1. The third-order valence-electron chi connectivity index (χ3n) is 3.28. The maximum atomic E-state index is 12.0. The fourth-order valence-electron chi connectivity index (χ4n) is 2.25. The minimum atomic E-state index is -0.668. The third-order valence-corrected chi connectivity index (χ3v) is 4.36. The molecule has 1 aromatic heterocycles. The van der Waals surface area contributed by atoms with E-state index in [4.69, 9.17) is 4.74 Å². The van der Waals surface area contributed by atoms with E-state index in [1.165, 1.54) is 11.0 Å². The molecule has 1 aliphatic carbocycles. The Morgan fingerprint density at radius 2 is 2.09 bits per heavy atom. The number of urea groups is 1. The number of rotatable bonds is 5. The molecule has 0 unspecified atom stereocenters. The van der Waals surface area contributed by atoms with Crippen molar-refractivity contribution in [2.24, 2.45) is 0 Å². The minimum absolute atomic E-state index is 0.250. The Kier molecular flexibility index (Phi) is 5.71. The molecule has 6 nitrogen and oxygen atoms in total. The lowest BCUT2D eigenvalue weighted by Gasteiger charge is -2.12. The number of imide groups is 1. The van der Waals surface area contributed by atoms with Crippen LogP contribution >= 0.6 is 11.3 Å². The topological polar surface area (TPSA) is 84.5 Å². The van der Waals surface area contributed by atoms with Crippen LogP contribution < -0.4 is 10.6 Å². The molecule has 1 heterocycles. The fraction of sp³-hybridized carbons (Fsp3) is 0.400. The van der Waals surface area contributed by atoms with Gasteiger partial charge in [0.1, 0.15) is 0 Å². The second-order valence-electron chi connectivity index (χ2n) is 4.88. The van der Waals surface area contributed by atoms with Crippen LogP contribution in [0.4, 0.5) is 4.79 Å². The van der Waals surface area contributed by atoms with Crippen LogP contribution in [-0.4, -0.2) is 31.1 Å². The van der Waals surface area contributed by atoms with Crippen LogP contribution in [0.2, 0.25) is 0 Å². The first kappa shape index (κ1) is 16.2. The maximum absolute atomic E-state index is 12.0. The number of carbonyl (C=O) groups excluding carboxylic acids is 3. The predicted octanol–water partition coefficient (Wildman–Crippen LogP) is 1.80. The summed E-state index contributed by atoms with van der Waals surface area (Å²) in [5, 5.41) is 6.24. The van der Waals surface area contributed by atoms with Crippen LogP contribution in [0, 0.1) is 0 Å². The Hall–Kier alpha value is -2.15. The van der Waals surface area contributed by atoms with E-state index < -0.39 is 24.5 Å². The smallest absolute Gasteiger partial charge is 0.339 e. The molecule has 1 aromatic rings. The van der Waals surface area contributed by atoms with Crippen molar-refractivity contribution in [3.8, 4) is 0 Å². The van der Waals surface area contributed by atoms with E-state index in [0.717, 1.165) is 31.2 Å². The highest BCUT2D eigenvalue weighted by atomic mass is 32.1. The second kappa shape index (κ2) is 7.74. The third kappa shape index (κ3) is 4.17. The number of amides is 3. The van der Waals surface area contributed by atoms with Gasteiger partial charge in [0.2, 0.25) is 0 Å². The Bertz CT molecular complexity index is 594. The summed E-state index contributed by atoms with van der Waals surface area (Å²) in [5.74, 6) is -1.18. The lowest BCUT2D eigenvalue weighted by atomic mass is 9.96. The molecule has 0 aliphatic heterocycles. The van der Waals surface area contributed by atoms with Crippen LogP contribution in [0.25, 0.3) is 0 Å². The van der Waals surface area contributed by atoms with E-state index >= 15 is 0 Å². The summed E-state index contributed by atoms with van der Waals surface area (Å²) in [6.45, 7) is 3.21. The number of esters is 1. The van der Waals surface area contributed by atoms with Gasteiger partial charge in [0, 0.05) is 16.8 Å². The van der Waals surface area contributed by atoms with E-state index in [9.17, 15) is 14.4 Å². The van der Waals surface area contributed by atoms with Crippen molar-refractivity contribution in [1.29, 1.82) is 0 Å². The summed E-state index contributed by atoms with van der Waals surface area (Å²) in [6, 6.07) is -0.645. The summed E-state index contributed by atoms with van der Waals surface area (Å²) in [4.78, 5) is 36.0. The van der Waals surface area contributed by atoms with Crippen molar-refractivity contribution in [3.63, 3.8) is 0 Å². The number of nitrogens with one attached hydrogen (secondary N) is 2. The zero-order valence-electron chi connectivity index (χ0n) is 12.1. The monoisotopic (exact) mass is 322 g/mol. The zero-order valence-corrected chi connectivity index (χ0v) is 13.0. The molecule has 0 saturated carbocycles. The molecule has 2 rings (SSSR count). The Morgan fingerprint density at radius 3 is 2.86 bits per heavy atom. The molecule has 118 valence electrons. The first-order valence-electron chi connectivity index (χ1n) is 7.06. The quantitative estimate of drug-likeness (QED) is 0.639. The molecule has 0 bridgehead atoms. The number of hydrogen-bond donors (Lipinski definition) is 2. The van der Waals surface area contributed by atoms with Gasteiger partial charge in [-0.05, 0) is 31.2 Å². The summed E-state index contributed by atoms with van der Waals surface area (Å²) >= 11 is 1.56. The standard InChI is InChI=1S/C15H18N2O4S/c1-2-7-16-15(20)17-13(18)8-21-14(19)11-9-22-12-6-4-3-5-10(11)12/h2,9H,1,3-8H2,(H2,16,17,18,20). The highest BCUT2D eigenvalue weighted by Gasteiger charge is 2.21. The highest BCUT2D eigenvalue weighted by molar-refractivity contribution is 7.10. The van der Waals surface area contributed by atoms with Crippen molar-refractivity contribution in [1.82, 2.24) is 10.6 Å². The van der Waals surface area contributed by atoms with Crippen LogP contribution in [-0.2, 0) is 22.4 Å². The van der Waals surface area contributed by atoms with E-state index in [0.29, 0.717) is 5.56 Å². The van der Waals surface area contributed by atoms with Gasteiger partial charge in [-0.3, -0.25) is 10.1 Å². The molecule has 0 saturated heterocycles. The van der Waals surface area contributed by atoms with Crippen molar-refractivity contribution in [3.05, 3.63) is 34.0 Å². The number of fused-ring (bicyclic) bond motifs is 1. The molecule has 0 fully saturated rings. The Morgan fingerprint density at radius 1 is 1.32 bits per heavy atom. The average molecular weight is 322 g/mol. The fourth-order valence-corrected chi connectivity index (χ4v) is 3.36. The van der Waals surface area contributed by atoms with Gasteiger partial charge in [-0.25, -0.2) is 9.59 Å². The van der Waals surface area contributed by atoms with Gasteiger partial charge >= 0.3 is 12.0 Å². The second-order valence-corrected chi connectivity index (χ2v) is 5.85. The van der Waals surface area contributed by atoms with Gasteiger partial charge in [-0.15, -0.1) is 17.9 Å². The number of carbonyl (C=O) groups is 3. The molecule has 0 atom stereocenters. The largest absolute Gasteiger partial charge is 0.452 e. The molecule has 0 aromatic carbocycles. The van der Waals surface area contributed by atoms with Gasteiger partial charge in [-0.2, -0.15) is 0 Å². The maximum Gasteiger partial charge on any atom is 0.339 e. The summed E-state index contributed by atoms with van der Waals surface area (Å²) in [7, 11) is 0. The molecule has 22 heavy (non-hydrogen) atoms. The highest BCUT2D eigenvalue weighted by Crippen LogP contribution is 2.30. The van der Waals surface area contributed by atoms with Crippen LogP contribution in [0.3, 0.4) is 0 Å². The van der Waals surface area contributed by atoms with Crippen molar-refractivity contribution < 1.29 is 19.1 Å². The number of ether oxygens (including phenoxy) is 1. The van der Waals surface area contributed by atoms with E-state index in [1.54, 1.807) is 16.7 Å². The summed E-state index contributed by atoms with van der Waals surface area (Å²) in [6.07, 6.45) is 5.57. The Balaban J connectivity index is 1.82. The molecular formula is C15H18N2O4S. The van der Waals surface area contributed by atoms with Crippen LogP contribution in [0.15, 0.2) is 18.0 Å². The predicted molar refractivity (Wildman–Crippen MR) is 83.0 cm³/mol. The van der Waals surface area contributed by atoms with Gasteiger partial charge in [0.15, 0.2) is 6.61 Å². The zero-order chi connectivity index (χ0) is 15.9. The molecular weight excluding hydrogens is 304 g/mol.